The first-order valence-electron chi connectivity index (χ1n) is 9.10. The standard InChI is InChI=1S/C20H28FN3O2.ClH/c1-14(15(2)22)20(25)24(3)11-6-4-5-10-18-13-19(23-26-18)16-8-7-9-17(21)12-16;/h7-9,12-15H,4-6,10-11,22H2,1-3H3;1H. The summed E-state index contributed by atoms with van der Waals surface area (Å²) in [6.45, 7) is 4.44. The molecule has 1 aromatic carbocycles. The third-order valence-electron chi connectivity index (χ3n) is 4.65. The molecule has 2 N–H and O–H groups in total. The number of benzene rings is 1. The second kappa shape index (κ2) is 11.0. The fourth-order valence-electron chi connectivity index (χ4n) is 2.72. The molecule has 0 saturated heterocycles. The number of nitrogens with two attached hydrogens (primary N) is 1. The van der Waals surface area contributed by atoms with Crippen molar-refractivity contribution in [2.75, 3.05) is 13.6 Å². The number of unbranched alkanes of at least 4 members (excludes halogenated alkanes) is 2. The predicted octanol–water partition coefficient (Wildman–Crippen LogP) is 4.06. The SMILES string of the molecule is CC(N)C(C)C(=O)N(C)CCCCCc1cc(-c2cccc(F)c2)no1.Cl. The van der Waals surface area contributed by atoms with Crippen LogP contribution in [0.3, 0.4) is 0 Å². The molecule has 2 unspecified atom stereocenters. The average Bonchev–Trinajstić information content (AvgIpc) is 3.08. The van der Waals surface area contributed by atoms with E-state index in [9.17, 15) is 9.18 Å². The van der Waals surface area contributed by atoms with Crippen molar-refractivity contribution >= 4 is 18.3 Å². The Labute approximate surface area is 166 Å². The van der Waals surface area contributed by atoms with Gasteiger partial charge in [-0.25, -0.2) is 4.39 Å². The number of halogens is 2. The summed E-state index contributed by atoms with van der Waals surface area (Å²) in [5.74, 6) is 0.439. The molecule has 0 bridgehead atoms. The lowest BCUT2D eigenvalue weighted by atomic mass is 10.0. The normalized spacial score (nSPS) is 12.9. The summed E-state index contributed by atoms with van der Waals surface area (Å²) >= 11 is 0. The Morgan fingerprint density at radius 3 is 2.67 bits per heavy atom. The van der Waals surface area contributed by atoms with Crippen LogP contribution in [-0.4, -0.2) is 35.6 Å². The molecule has 0 radical (unpaired) electrons. The molecule has 2 aromatic rings. The molecule has 0 fully saturated rings. The Morgan fingerprint density at radius 1 is 1.26 bits per heavy atom. The third-order valence-corrected chi connectivity index (χ3v) is 4.65. The van der Waals surface area contributed by atoms with Crippen molar-refractivity contribution in [3.05, 3.63) is 41.9 Å². The Hall–Kier alpha value is -1.92. The zero-order valence-electron chi connectivity index (χ0n) is 16.2. The van der Waals surface area contributed by atoms with Crippen LogP contribution in [0.25, 0.3) is 11.3 Å². The zero-order valence-corrected chi connectivity index (χ0v) is 17.0. The lowest BCUT2D eigenvalue weighted by Gasteiger charge is -2.23. The van der Waals surface area contributed by atoms with Crippen molar-refractivity contribution in [2.45, 2.75) is 45.6 Å². The van der Waals surface area contributed by atoms with Crippen LogP contribution in [0.4, 0.5) is 4.39 Å². The van der Waals surface area contributed by atoms with Gasteiger partial charge < -0.3 is 15.2 Å². The highest BCUT2D eigenvalue weighted by Crippen LogP contribution is 2.21. The van der Waals surface area contributed by atoms with Gasteiger partial charge in [0, 0.05) is 37.7 Å². The Morgan fingerprint density at radius 2 is 2.00 bits per heavy atom. The molecule has 5 nitrogen and oxygen atoms in total. The van der Waals surface area contributed by atoms with Crippen molar-refractivity contribution in [3.63, 3.8) is 0 Å². The van der Waals surface area contributed by atoms with Gasteiger partial charge >= 0.3 is 0 Å². The smallest absolute Gasteiger partial charge is 0.226 e. The van der Waals surface area contributed by atoms with Gasteiger partial charge in [0.1, 0.15) is 17.3 Å². The van der Waals surface area contributed by atoms with Gasteiger partial charge in [-0.15, -0.1) is 12.4 Å². The Bertz CT molecular complexity index is 721. The first-order valence-corrected chi connectivity index (χ1v) is 9.10. The van der Waals surface area contributed by atoms with Gasteiger partial charge in [-0.3, -0.25) is 4.79 Å². The quantitative estimate of drug-likeness (QED) is 0.647. The summed E-state index contributed by atoms with van der Waals surface area (Å²) in [7, 11) is 1.82. The minimum Gasteiger partial charge on any atom is -0.361 e. The topological polar surface area (TPSA) is 72.4 Å². The van der Waals surface area contributed by atoms with Crippen molar-refractivity contribution in [3.8, 4) is 11.3 Å². The minimum atomic E-state index is -0.288. The molecule has 0 aliphatic heterocycles. The highest BCUT2D eigenvalue weighted by molar-refractivity contribution is 5.85. The van der Waals surface area contributed by atoms with Crippen molar-refractivity contribution in [2.24, 2.45) is 11.7 Å². The van der Waals surface area contributed by atoms with E-state index in [1.165, 1.54) is 12.1 Å². The fourth-order valence-corrected chi connectivity index (χ4v) is 2.72. The van der Waals surface area contributed by atoms with E-state index in [4.69, 9.17) is 10.3 Å². The molecule has 150 valence electrons. The second-order valence-corrected chi connectivity index (χ2v) is 6.91. The number of carbonyl (C=O) groups excluding carboxylic acids is 1. The average molecular weight is 398 g/mol. The largest absolute Gasteiger partial charge is 0.361 e. The molecule has 27 heavy (non-hydrogen) atoms. The molecular weight excluding hydrogens is 369 g/mol. The molecular formula is C20H29ClFN3O2. The summed E-state index contributed by atoms with van der Waals surface area (Å²) in [6.07, 6.45) is 3.64. The molecule has 2 atom stereocenters. The molecule has 1 heterocycles. The van der Waals surface area contributed by atoms with Crippen LogP contribution in [0.2, 0.25) is 0 Å². The summed E-state index contributed by atoms with van der Waals surface area (Å²) in [5, 5.41) is 4.01. The van der Waals surface area contributed by atoms with Crippen LogP contribution in [0.15, 0.2) is 34.9 Å². The maximum absolute atomic E-state index is 13.3. The van der Waals surface area contributed by atoms with Crippen LogP contribution in [0, 0.1) is 11.7 Å². The van der Waals surface area contributed by atoms with E-state index in [-0.39, 0.29) is 36.1 Å². The number of hydrogen-bond donors (Lipinski definition) is 1. The van der Waals surface area contributed by atoms with E-state index < -0.39 is 0 Å². The molecule has 1 aromatic heterocycles. The number of aromatic nitrogens is 1. The molecule has 7 heteroatoms. The summed E-state index contributed by atoms with van der Waals surface area (Å²) in [4.78, 5) is 13.9. The minimum absolute atomic E-state index is 0. The number of carbonyl (C=O) groups is 1. The van der Waals surface area contributed by atoms with Crippen molar-refractivity contribution < 1.29 is 13.7 Å². The highest BCUT2D eigenvalue weighted by Gasteiger charge is 2.20. The van der Waals surface area contributed by atoms with E-state index in [0.717, 1.165) is 38.0 Å². The van der Waals surface area contributed by atoms with Crippen molar-refractivity contribution in [1.82, 2.24) is 10.1 Å². The van der Waals surface area contributed by atoms with Crippen molar-refractivity contribution in [1.29, 1.82) is 0 Å². The van der Waals surface area contributed by atoms with Gasteiger partial charge in [-0.05, 0) is 31.9 Å². The second-order valence-electron chi connectivity index (χ2n) is 6.91. The van der Waals surface area contributed by atoms with Crippen LogP contribution in [0.1, 0.15) is 38.9 Å². The summed E-state index contributed by atoms with van der Waals surface area (Å²) < 4.78 is 18.6. The third kappa shape index (κ3) is 6.96. The van der Waals surface area contributed by atoms with Crippen LogP contribution in [0.5, 0.6) is 0 Å². The monoisotopic (exact) mass is 397 g/mol. The highest BCUT2D eigenvalue weighted by atomic mass is 35.5. The van der Waals surface area contributed by atoms with Gasteiger partial charge in [0.05, 0.1) is 5.92 Å². The lowest BCUT2D eigenvalue weighted by molar-refractivity contribution is -0.134. The maximum Gasteiger partial charge on any atom is 0.226 e. The Kier molecular flexibility index (Phi) is 9.46. The van der Waals surface area contributed by atoms with Gasteiger partial charge in [-0.1, -0.05) is 30.6 Å². The van der Waals surface area contributed by atoms with Gasteiger partial charge in [0.25, 0.3) is 0 Å². The van der Waals surface area contributed by atoms with E-state index >= 15 is 0 Å². The lowest BCUT2D eigenvalue weighted by Crippen LogP contribution is -2.40. The molecule has 0 spiro atoms. The van der Waals surface area contributed by atoms with Crippen LogP contribution >= 0.6 is 12.4 Å². The number of aryl methyl sites for hydroxylation is 1. The zero-order chi connectivity index (χ0) is 19.1. The predicted molar refractivity (Wildman–Crippen MR) is 107 cm³/mol. The van der Waals surface area contributed by atoms with Crippen LogP contribution < -0.4 is 5.73 Å². The summed E-state index contributed by atoms with van der Waals surface area (Å²) in [5.41, 5.74) is 7.14. The number of hydrogen-bond acceptors (Lipinski definition) is 4. The van der Waals surface area contributed by atoms with Gasteiger partial charge in [0.15, 0.2) is 0 Å². The van der Waals surface area contributed by atoms with E-state index in [1.807, 2.05) is 27.0 Å². The number of rotatable bonds is 9. The van der Waals surface area contributed by atoms with Gasteiger partial charge in [-0.2, -0.15) is 0 Å². The summed E-state index contributed by atoms with van der Waals surface area (Å²) in [6, 6.07) is 8.03. The molecule has 1 amide bonds. The molecule has 0 aliphatic rings. The van der Waals surface area contributed by atoms with E-state index in [2.05, 4.69) is 5.16 Å². The first-order chi connectivity index (χ1) is 12.4. The van der Waals surface area contributed by atoms with E-state index in [1.54, 1.807) is 17.0 Å². The number of amides is 1. The number of nitrogens with zero attached hydrogens (tertiary/aromatic N) is 2. The molecule has 2 rings (SSSR count). The van der Waals surface area contributed by atoms with E-state index in [0.29, 0.717) is 11.3 Å². The van der Waals surface area contributed by atoms with Gasteiger partial charge in [0.2, 0.25) is 5.91 Å². The maximum atomic E-state index is 13.3. The first kappa shape index (κ1) is 23.1. The molecule has 0 saturated carbocycles. The van der Waals surface area contributed by atoms with Crippen LogP contribution in [-0.2, 0) is 11.2 Å². The Balaban J connectivity index is 0.00000364. The fraction of sp³-hybridized carbons (Fsp3) is 0.500. The molecule has 0 aliphatic carbocycles.